The highest BCUT2D eigenvalue weighted by atomic mass is 16.5. The molecule has 3 atom stereocenters. The van der Waals surface area contributed by atoms with Crippen molar-refractivity contribution in [1.29, 1.82) is 0 Å². The predicted octanol–water partition coefficient (Wildman–Crippen LogP) is 2.98. The van der Waals surface area contributed by atoms with Gasteiger partial charge in [-0.1, -0.05) is 31.5 Å². The summed E-state index contributed by atoms with van der Waals surface area (Å²) in [6.45, 7) is 10.0. The van der Waals surface area contributed by atoms with Crippen LogP contribution >= 0.6 is 0 Å². The van der Waals surface area contributed by atoms with Crippen molar-refractivity contribution in [3.63, 3.8) is 0 Å². The Bertz CT molecular complexity index is 447. The van der Waals surface area contributed by atoms with Crippen LogP contribution in [0, 0.1) is 18.8 Å². The second kappa shape index (κ2) is 6.59. The van der Waals surface area contributed by atoms with Gasteiger partial charge in [0.05, 0.1) is 7.11 Å². The van der Waals surface area contributed by atoms with E-state index < -0.39 is 0 Å². The maximum absolute atomic E-state index is 6.43. The van der Waals surface area contributed by atoms with Gasteiger partial charge in [-0.3, -0.25) is 0 Å². The quantitative estimate of drug-likeness (QED) is 0.919. The van der Waals surface area contributed by atoms with Crippen molar-refractivity contribution in [1.82, 2.24) is 4.90 Å². The molecule has 0 aliphatic carbocycles. The van der Waals surface area contributed by atoms with E-state index in [1.807, 2.05) is 6.07 Å². The number of hydrogen-bond donors (Lipinski definition) is 1. The molecule has 1 aromatic rings. The first-order chi connectivity index (χ1) is 9.51. The Labute approximate surface area is 123 Å². The number of methoxy groups -OCH3 is 1. The molecule has 20 heavy (non-hydrogen) atoms. The van der Waals surface area contributed by atoms with E-state index in [0.717, 1.165) is 42.8 Å². The van der Waals surface area contributed by atoms with E-state index in [1.165, 1.54) is 12.0 Å². The molecule has 1 aromatic carbocycles. The molecule has 1 fully saturated rings. The van der Waals surface area contributed by atoms with Gasteiger partial charge in [0.2, 0.25) is 0 Å². The van der Waals surface area contributed by atoms with E-state index in [4.69, 9.17) is 10.5 Å². The van der Waals surface area contributed by atoms with Crippen molar-refractivity contribution < 1.29 is 4.74 Å². The summed E-state index contributed by atoms with van der Waals surface area (Å²) in [5.41, 5.74) is 8.79. The Morgan fingerprint density at radius 2 is 2.10 bits per heavy atom. The molecule has 1 heterocycles. The fraction of sp³-hybridized carbons (Fsp3) is 0.647. The third kappa shape index (κ3) is 3.53. The first kappa shape index (κ1) is 15.3. The highest BCUT2D eigenvalue weighted by Crippen LogP contribution is 2.28. The molecule has 0 bridgehead atoms. The predicted molar refractivity (Wildman–Crippen MR) is 84.0 cm³/mol. The van der Waals surface area contributed by atoms with Gasteiger partial charge in [-0.05, 0) is 37.8 Å². The standard InChI is InChI=1S/C17H28N2O/c1-12-5-6-17(20-4)15(9-12)16(18)11-19-8-7-13(2)14(3)10-19/h5-6,9,13-14,16H,7-8,10-11,18H2,1-4H3. The molecular weight excluding hydrogens is 248 g/mol. The van der Waals surface area contributed by atoms with Gasteiger partial charge >= 0.3 is 0 Å². The number of aryl methyl sites for hydroxylation is 1. The van der Waals surface area contributed by atoms with Crippen LogP contribution in [0.1, 0.15) is 37.4 Å². The zero-order chi connectivity index (χ0) is 14.7. The monoisotopic (exact) mass is 276 g/mol. The fourth-order valence-corrected chi connectivity index (χ4v) is 3.04. The summed E-state index contributed by atoms with van der Waals surface area (Å²) in [6, 6.07) is 6.26. The topological polar surface area (TPSA) is 38.5 Å². The molecule has 0 amide bonds. The maximum Gasteiger partial charge on any atom is 0.123 e. The number of likely N-dealkylation sites (tertiary alicyclic amines) is 1. The van der Waals surface area contributed by atoms with Crippen molar-refractivity contribution in [2.45, 2.75) is 33.2 Å². The maximum atomic E-state index is 6.43. The Morgan fingerprint density at radius 3 is 2.75 bits per heavy atom. The van der Waals surface area contributed by atoms with Crippen LogP contribution in [-0.4, -0.2) is 31.6 Å². The van der Waals surface area contributed by atoms with Gasteiger partial charge < -0.3 is 15.4 Å². The molecule has 1 aliphatic heterocycles. The molecule has 3 heteroatoms. The van der Waals surface area contributed by atoms with Crippen LogP contribution in [0.25, 0.3) is 0 Å². The van der Waals surface area contributed by atoms with E-state index >= 15 is 0 Å². The van der Waals surface area contributed by atoms with Crippen LogP contribution in [0.15, 0.2) is 18.2 Å². The molecule has 112 valence electrons. The normalized spacial score (nSPS) is 25.4. The fourth-order valence-electron chi connectivity index (χ4n) is 3.04. The van der Waals surface area contributed by atoms with E-state index in [2.05, 4.69) is 37.8 Å². The average molecular weight is 276 g/mol. The smallest absolute Gasteiger partial charge is 0.123 e. The number of rotatable bonds is 4. The molecule has 2 N–H and O–H groups in total. The van der Waals surface area contributed by atoms with Gasteiger partial charge in [-0.2, -0.15) is 0 Å². The second-order valence-electron chi connectivity index (χ2n) is 6.35. The summed E-state index contributed by atoms with van der Waals surface area (Å²) in [4.78, 5) is 2.50. The SMILES string of the molecule is COc1ccc(C)cc1C(N)CN1CCC(C)C(C)C1. The van der Waals surface area contributed by atoms with Crippen molar-refractivity contribution >= 4 is 0 Å². The van der Waals surface area contributed by atoms with E-state index in [1.54, 1.807) is 7.11 Å². The minimum atomic E-state index is 0.0189. The van der Waals surface area contributed by atoms with Gasteiger partial charge in [0.1, 0.15) is 5.75 Å². The third-order valence-corrected chi connectivity index (χ3v) is 4.66. The Kier molecular flexibility index (Phi) is 5.06. The molecule has 3 unspecified atom stereocenters. The highest BCUT2D eigenvalue weighted by Gasteiger charge is 2.24. The second-order valence-corrected chi connectivity index (χ2v) is 6.35. The van der Waals surface area contributed by atoms with Gasteiger partial charge in [0.15, 0.2) is 0 Å². The van der Waals surface area contributed by atoms with Crippen LogP contribution in [0.3, 0.4) is 0 Å². The van der Waals surface area contributed by atoms with Crippen LogP contribution in [0.2, 0.25) is 0 Å². The van der Waals surface area contributed by atoms with Crippen molar-refractivity contribution in [2.24, 2.45) is 17.6 Å². The summed E-state index contributed by atoms with van der Waals surface area (Å²) in [7, 11) is 1.71. The minimum absolute atomic E-state index is 0.0189. The molecule has 0 spiro atoms. The highest BCUT2D eigenvalue weighted by molar-refractivity contribution is 5.39. The first-order valence-electron chi connectivity index (χ1n) is 7.63. The zero-order valence-corrected chi connectivity index (χ0v) is 13.2. The molecule has 3 nitrogen and oxygen atoms in total. The van der Waals surface area contributed by atoms with E-state index in [-0.39, 0.29) is 6.04 Å². The first-order valence-corrected chi connectivity index (χ1v) is 7.63. The van der Waals surface area contributed by atoms with Gasteiger partial charge in [0.25, 0.3) is 0 Å². The lowest BCUT2D eigenvalue weighted by molar-refractivity contribution is 0.131. The van der Waals surface area contributed by atoms with Crippen molar-refractivity contribution in [3.05, 3.63) is 29.3 Å². The van der Waals surface area contributed by atoms with Crippen molar-refractivity contribution in [2.75, 3.05) is 26.7 Å². The molecule has 0 saturated carbocycles. The number of benzene rings is 1. The van der Waals surface area contributed by atoms with Gasteiger partial charge in [-0.25, -0.2) is 0 Å². The summed E-state index contributed by atoms with van der Waals surface area (Å²) in [5, 5.41) is 0. The number of hydrogen-bond acceptors (Lipinski definition) is 3. The molecule has 0 radical (unpaired) electrons. The minimum Gasteiger partial charge on any atom is -0.496 e. The lowest BCUT2D eigenvalue weighted by Gasteiger charge is -2.36. The number of ether oxygens (including phenoxy) is 1. The van der Waals surface area contributed by atoms with Crippen LogP contribution in [0.4, 0.5) is 0 Å². The van der Waals surface area contributed by atoms with Gasteiger partial charge in [0, 0.05) is 24.7 Å². The van der Waals surface area contributed by atoms with Gasteiger partial charge in [-0.15, -0.1) is 0 Å². The zero-order valence-electron chi connectivity index (χ0n) is 13.2. The summed E-state index contributed by atoms with van der Waals surface area (Å²) in [6.07, 6.45) is 1.28. The number of nitrogens with zero attached hydrogens (tertiary/aromatic N) is 1. The molecular formula is C17H28N2O. The Morgan fingerprint density at radius 1 is 1.35 bits per heavy atom. The summed E-state index contributed by atoms with van der Waals surface area (Å²) < 4.78 is 5.45. The average Bonchev–Trinajstić information content (AvgIpc) is 2.43. The summed E-state index contributed by atoms with van der Waals surface area (Å²) >= 11 is 0. The van der Waals surface area contributed by atoms with E-state index in [0.29, 0.717) is 0 Å². The third-order valence-electron chi connectivity index (χ3n) is 4.66. The molecule has 1 saturated heterocycles. The number of nitrogens with two attached hydrogens (primary N) is 1. The molecule has 2 rings (SSSR count). The van der Waals surface area contributed by atoms with Crippen LogP contribution in [-0.2, 0) is 0 Å². The van der Waals surface area contributed by atoms with Crippen LogP contribution in [0.5, 0.6) is 5.75 Å². The van der Waals surface area contributed by atoms with Crippen molar-refractivity contribution in [3.8, 4) is 5.75 Å². The van der Waals surface area contributed by atoms with E-state index in [9.17, 15) is 0 Å². The lowest BCUT2D eigenvalue weighted by Crippen LogP contribution is -2.42. The van der Waals surface area contributed by atoms with Crippen LogP contribution < -0.4 is 10.5 Å². The Balaban J connectivity index is 2.04. The molecule has 0 aromatic heterocycles. The largest absolute Gasteiger partial charge is 0.496 e. The Hall–Kier alpha value is -1.06. The molecule has 1 aliphatic rings. The number of piperidine rings is 1. The summed E-state index contributed by atoms with van der Waals surface area (Å²) in [5.74, 6) is 2.49. The lowest BCUT2D eigenvalue weighted by atomic mass is 9.88.